The summed E-state index contributed by atoms with van der Waals surface area (Å²) in [6.07, 6.45) is 1.55. The van der Waals surface area contributed by atoms with Crippen LogP contribution in [0.25, 0.3) is 0 Å². The van der Waals surface area contributed by atoms with Gasteiger partial charge in [-0.25, -0.2) is 5.43 Å². The molecule has 124 valence electrons. The molecule has 0 bridgehead atoms. The van der Waals surface area contributed by atoms with Crippen molar-refractivity contribution < 1.29 is 4.79 Å². The zero-order valence-corrected chi connectivity index (χ0v) is 13.7. The van der Waals surface area contributed by atoms with Gasteiger partial charge >= 0.3 is 0 Å². The Morgan fingerprint density at radius 2 is 1.44 bits per heavy atom. The van der Waals surface area contributed by atoms with Crippen LogP contribution < -0.4 is 11.0 Å². The molecular weight excluding hydrogens is 314 g/mol. The molecule has 1 aromatic heterocycles. The first-order chi connectivity index (χ1) is 12.1. The summed E-state index contributed by atoms with van der Waals surface area (Å²) in [5, 5.41) is 4.30. The van der Waals surface area contributed by atoms with E-state index in [1.165, 1.54) is 10.6 Å². The topological polar surface area (TPSA) is 63.5 Å². The van der Waals surface area contributed by atoms with Crippen LogP contribution in [-0.2, 0) is 7.05 Å². The molecule has 0 aliphatic carbocycles. The molecule has 5 heteroatoms. The maximum atomic E-state index is 12.3. The molecule has 0 spiro atoms. The number of pyridine rings is 1. The van der Waals surface area contributed by atoms with Crippen LogP contribution in [0, 0.1) is 0 Å². The minimum Gasteiger partial charge on any atom is -0.319 e. The highest BCUT2D eigenvalue weighted by Crippen LogP contribution is 2.10. The average molecular weight is 331 g/mol. The molecule has 3 rings (SSSR count). The third-order valence-corrected chi connectivity index (χ3v) is 3.73. The van der Waals surface area contributed by atoms with Crippen molar-refractivity contribution in [3.05, 3.63) is 106 Å². The number of amides is 1. The van der Waals surface area contributed by atoms with E-state index >= 15 is 0 Å². The molecule has 0 fully saturated rings. The van der Waals surface area contributed by atoms with Crippen LogP contribution in [0.3, 0.4) is 0 Å². The van der Waals surface area contributed by atoms with Crippen LogP contribution in [0.15, 0.2) is 88.9 Å². The molecule has 5 nitrogen and oxygen atoms in total. The van der Waals surface area contributed by atoms with Gasteiger partial charge in [-0.15, -0.1) is 0 Å². The first kappa shape index (κ1) is 16.4. The lowest BCUT2D eigenvalue weighted by Crippen LogP contribution is -2.24. The second-order valence-corrected chi connectivity index (χ2v) is 5.50. The predicted molar refractivity (Wildman–Crippen MR) is 97.7 cm³/mol. The fourth-order valence-electron chi connectivity index (χ4n) is 2.35. The molecule has 2 aromatic carbocycles. The van der Waals surface area contributed by atoms with Gasteiger partial charge in [0.15, 0.2) is 0 Å². The van der Waals surface area contributed by atoms with Gasteiger partial charge in [0.2, 0.25) is 0 Å². The van der Waals surface area contributed by atoms with Crippen molar-refractivity contribution in [2.75, 3.05) is 0 Å². The van der Waals surface area contributed by atoms with Crippen molar-refractivity contribution in [1.29, 1.82) is 0 Å². The summed E-state index contributed by atoms with van der Waals surface area (Å²) in [5.74, 6) is -0.429. The van der Waals surface area contributed by atoms with Crippen LogP contribution in [0.4, 0.5) is 0 Å². The molecule has 1 heterocycles. The van der Waals surface area contributed by atoms with Gasteiger partial charge in [-0.1, -0.05) is 60.7 Å². The Morgan fingerprint density at radius 3 is 1.96 bits per heavy atom. The number of benzene rings is 2. The van der Waals surface area contributed by atoms with E-state index in [0.717, 1.165) is 11.1 Å². The number of hydrogen-bond donors (Lipinski definition) is 1. The SMILES string of the molecule is Cn1ccc(C(=O)NN=C(c2ccccc2)c2ccccc2)cc1=O. The van der Waals surface area contributed by atoms with Gasteiger partial charge < -0.3 is 4.57 Å². The molecule has 1 amide bonds. The maximum absolute atomic E-state index is 12.3. The Bertz CT molecular complexity index is 919. The summed E-state index contributed by atoms with van der Waals surface area (Å²) >= 11 is 0. The fourth-order valence-corrected chi connectivity index (χ4v) is 2.35. The van der Waals surface area contributed by atoms with Crippen LogP contribution in [0.2, 0.25) is 0 Å². The first-order valence-electron chi connectivity index (χ1n) is 7.81. The van der Waals surface area contributed by atoms with E-state index in [2.05, 4.69) is 10.5 Å². The Kier molecular flexibility index (Phi) is 4.85. The zero-order chi connectivity index (χ0) is 17.6. The molecule has 0 aliphatic rings. The van der Waals surface area contributed by atoms with Gasteiger partial charge in [0.1, 0.15) is 0 Å². The lowest BCUT2D eigenvalue weighted by Gasteiger charge is -2.08. The molecule has 0 atom stereocenters. The van der Waals surface area contributed by atoms with E-state index in [1.807, 2.05) is 60.7 Å². The average Bonchev–Trinajstić information content (AvgIpc) is 2.66. The van der Waals surface area contributed by atoms with Crippen molar-refractivity contribution in [2.45, 2.75) is 0 Å². The summed E-state index contributed by atoms with van der Waals surface area (Å²) in [7, 11) is 1.63. The van der Waals surface area contributed by atoms with Crippen molar-refractivity contribution >= 4 is 11.6 Å². The fraction of sp³-hybridized carbons (Fsp3) is 0.0500. The quantitative estimate of drug-likeness (QED) is 0.590. The molecule has 3 aromatic rings. The second kappa shape index (κ2) is 7.40. The number of rotatable bonds is 4. The van der Waals surface area contributed by atoms with Gasteiger partial charge in [0, 0.05) is 36.0 Å². The zero-order valence-electron chi connectivity index (χ0n) is 13.7. The third-order valence-electron chi connectivity index (χ3n) is 3.73. The number of carbonyl (C=O) groups excluding carboxylic acids is 1. The van der Waals surface area contributed by atoms with Crippen LogP contribution in [-0.4, -0.2) is 16.2 Å². The molecule has 0 saturated carbocycles. The highest BCUT2D eigenvalue weighted by Gasteiger charge is 2.09. The van der Waals surface area contributed by atoms with Crippen LogP contribution in [0.5, 0.6) is 0 Å². The maximum Gasteiger partial charge on any atom is 0.271 e. The largest absolute Gasteiger partial charge is 0.319 e. The lowest BCUT2D eigenvalue weighted by molar-refractivity contribution is 0.0954. The first-order valence-corrected chi connectivity index (χ1v) is 7.81. The van der Waals surface area contributed by atoms with Crippen molar-refractivity contribution in [3.8, 4) is 0 Å². The van der Waals surface area contributed by atoms with E-state index in [1.54, 1.807) is 19.3 Å². The minimum absolute atomic E-state index is 0.247. The summed E-state index contributed by atoms with van der Waals surface area (Å²) in [5.41, 5.74) is 4.99. The summed E-state index contributed by atoms with van der Waals surface area (Å²) in [4.78, 5) is 24.0. The van der Waals surface area contributed by atoms with Crippen LogP contribution >= 0.6 is 0 Å². The lowest BCUT2D eigenvalue weighted by atomic mass is 10.0. The van der Waals surface area contributed by atoms with Gasteiger partial charge in [-0.2, -0.15) is 5.10 Å². The Hall–Kier alpha value is -3.47. The normalized spacial score (nSPS) is 10.1. The molecule has 0 radical (unpaired) electrons. The van der Waals surface area contributed by atoms with Crippen molar-refractivity contribution in [1.82, 2.24) is 9.99 Å². The Labute approximate surface area is 145 Å². The molecular formula is C20H17N3O2. The van der Waals surface area contributed by atoms with E-state index in [4.69, 9.17) is 0 Å². The molecule has 0 unspecified atom stereocenters. The highest BCUT2D eigenvalue weighted by atomic mass is 16.2. The van der Waals surface area contributed by atoms with Crippen molar-refractivity contribution in [2.24, 2.45) is 12.1 Å². The number of nitrogens with zero attached hydrogens (tertiary/aromatic N) is 2. The number of aryl methyl sites for hydroxylation is 1. The molecule has 0 saturated heterocycles. The number of hydrogen-bond acceptors (Lipinski definition) is 3. The van der Waals surface area contributed by atoms with Gasteiger partial charge in [-0.3, -0.25) is 9.59 Å². The molecule has 1 N–H and O–H groups in total. The van der Waals surface area contributed by atoms with Crippen LogP contribution in [0.1, 0.15) is 21.5 Å². The number of carbonyl (C=O) groups is 1. The summed E-state index contributed by atoms with van der Waals surface area (Å²) in [6, 6.07) is 22.1. The number of aromatic nitrogens is 1. The standard InChI is InChI=1S/C20H17N3O2/c1-23-13-12-17(14-18(23)24)20(25)22-21-19(15-8-4-2-5-9-15)16-10-6-3-7-11-16/h2-14H,1H3,(H,22,25). The van der Waals surface area contributed by atoms with Gasteiger partial charge in [-0.05, 0) is 6.07 Å². The van der Waals surface area contributed by atoms with Crippen molar-refractivity contribution in [3.63, 3.8) is 0 Å². The van der Waals surface area contributed by atoms with E-state index < -0.39 is 5.91 Å². The van der Waals surface area contributed by atoms with E-state index in [9.17, 15) is 9.59 Å². The highest BCUT2D eigenvalue weighted by molar-refractivity contribution is 6.13. The Balaban J connectivity index is 1.92. The van der Waals surface area contributed by atoms with Gasteiger partial charge in [0.25, 0.3) is 11.5 Å². The van der Waals surface area contributed by atoms with Gasteiger partial charge in [0.05, 0.1) is 5.71 Å². The smallest absolute Gasteiger partial charge is 0.271 e. The monoisotopic (exact) mass is 331 g/mol. The third kappa shape index (κ3) is 3.90. The predicted octanol–water partition coefficient (Wildman–Crippen LogP) is 2.57. The van der Waals surface area contributed by atoms with E-state index in [-0.39, 0.29) is 11.1 Å². The Morgan fingerprint density at radius 1 is 0.880 bits per heavy atom. The minimum atomic E-state index is -0.429. The molecule has 25 heavy (non-hydrogen) atoms. The number of nitrogens with one attached hydrogen (secondary N) is 1. The molecule has 0 aliphatic heterocycles. The summed E-state index contributed by atoms with van der Waals surface area (Å²) in [6.45, 7) is 0. The summed E-state index contributed by atoms with van der Waals surface area (Å²) < 4.78 is 1.40. The van der Waals surface area contributed by atoms with E-state index in [0.29, 0.717) is 5.71 Å². The number of hydrazone groups is 1. The second-order valence-electron chi connectivity index (χ2n) is 5.50.